The summed E-state index contributed by atoms with van der Waals surface area (Å²) < 4.78 is 5.84. The molecule has 0 amide bonds. The highest BCUT2D eigenvalue weighted by atomic mass is 35.5. The molecule has 0 spiro atoms. The molecule has 0 saturated heterocycles. The minimum absolute atomic E-state index is 0.349. The van der Waals surface area contributed by atoms with Crippen molar-refractivity contribution in [3.05, 3.63) is 47.1 Å². The molecule has 1 aromatic heterocycles. The van der Waals surface area contributed by atoms with Gasteiger partial charge < -0.3 is 10.1 Å². The first-order chi connectivity index (χ1) is 10.2. The molecule has 0 aliphatic heterocycles. The lowest BCUT2D eigenvalue weighted by Crippen LogP contribution is -2.05. The highest BCUT2D eigenvalue weighted by molar-refractivity contribution is 6.31. The monoisotopic (exact) mass is 303 g/mol. The van der Waals surface area contributed by atoms with Gasteiger partial charge >= 0.3 is 0 Å². The molecule has 0 saturated carbocycles. The lowest BCUT2D eigenvalue weighted by Gasteiger charge is -2.10. The lowest BCUT2D eigenvalue weighted by atomic mass is 10.2. The van der Waals surface area contributed by atoms with Gasteiger partial charge in [-0.25, -0.2) is 4.98 Å². The van der Waals surface area contributed by atoms with Gasteiger partial charge in [-0.05, 0) is 19.4 Å². The van der Waals surface area contributed by atoms with Crippen LogP contribution in [0.2, 0.25) is 5.02 Å². The number of hydrogen-bond acceptors (Lipinski definition) is 4. The number of benzene rings is 1. The summed E-state index contributed by atoms with van der Waals surface area (Å²) in [7, 11) is 0. The van der Waals surface area contributed by atoms with Crippen molar-refractivity contribution in [1.82, 2.24) is 9.97 Å². The second-order valence-corrected chi connectivity index (χ2v) is 4.82. The third-order valence-electron chi connectivity index (χ3n) is 2.72. The molecule has 110 valence electrons. The first-order valence-corrected chi connectivity index (χ1v) is 7.28. The second kappa shape index (κ2) is 7.64. The summed E-state index contributed by atoms with van der Waals surface area (Å²) in [5, 5.41) is 3.49. The zero-order chi connectivity index (χ0) is 15.1. The lowest BCUT2D eigenvalue weighted by molar-refractivity contribution is 0.461. The Morgan fingerprint density at radius 2 is 2.14 bits per heavy atom. The number of allylic oxidation sites excluding steroid dienone is 1. The first-order valence-electron chi connectivity index (χ1n) is 6.90. The van der Waals surface area contributed by atoms with Gasteiger partial charge in [0.1, 0.15) is 10.8 Å². The van der Waals surface area contributed by atoms with Crippen molar-refractivity contribution in [2.45, 2.75) is 20.3 Å². The fourth-order valence-electron chi connectivity index (χ4n) is 1.74. The van der Waals surface area contributed by atoms with E-state index >= 15 is 0 Å². The maximum absolute atomic E-state index is 6.11. The van der Waals surface area contributed by atoms with Crippen molar-refractivity contribution < 1.29 is 4.74 Å². The highest BCUT2D eigenvalue weighted by Gasteiger charge is 2.09. The average molecular weight is 304 g/mol. The number of ether oxygens (including phenoxy) is 1. The van der Waals surface area contributed by atoms with E-state index in [1.807, 2.05) is 43.3 Å². The number of rotatable bonds is 6. The van der Waals surface area contributed by atoms with Crippen LogP contribution in [0.25, 0.3) is 6.08 Å². The molecule has 0 unspecified atom stereocenters. The van der Waals surface area contributed by atoms with E-state index in [1.54, 1.807) is 6.20 Å². The van der Waals surface area contributed by atoms with Crippen LogP contribution < -0.4 is 10.1 Å². The van der Waals surface area contributed by atoms with Crippen LogP contribution in [-0.2, 0) is 0 Å². The van der Waals surface area contributed by atoms with Crippen LogP contribution in [-0.4, -0.2) is 16.5 Å². The average Bonchev–Trinajstić information content (AvgIpc) is 2.50. The van der Waals surface area contributed by atoms with Gasteiger partial charge in [-0.15, -0.1) is 0 Å². The molecule has 0 aliphatic carbocycles. The number of anilines is 1. The predicted octanol–water partition coefficient (Wildman–Crippen LogP) is 4.78. The molecule has 0 atom stereocenters. The van der Waals surface area contributed by atoms with Crippen LogP contribution in [0.15, 0.2) is 36.5 Å². The number of nitrogens with one attached hydrogen (secondary N) is 1. The molecule has 1 heterocycles. The van der Waals surface area contributed by atoms with E-state index in [1.165, 1.54) is 0 Å². The number of aromatic nitrogens is 2. The molecule has 2 rings (SSSR count). The van der Waals surface area contributed by atoms with Crippen LogP contribution in [0.1, 0.15) is 25.8 Å². The van der Waals surface area contributed by atoms with E-state index in [4.69, 9.17) is 16.3 Å². The van der Waals surface area contributed by atoms with Crippen molar-refractivity contribution in [2.24, 2.45) is 0 Å². The Hall–Kier alpha value is -2.07. The first kappa shape index (κ1) is 15.3. The summed E-state index contributed by atoms with van der Waals surface area (Å²) in [4.78, 5) is 8.43. The molecule has 1 aromatic carbocycles. The zero-order valence-corrected chi connectivity index (χ0v) is 12.9. The van der Waals surface area contributed by atoms with E-state index in [9.17, 15) is 0 Å². The topological polar surface area (TPSA) is 47.0 Å². The maximum atomic E-state index is 6.11. The Kier molecular flexibility index (Phi) is 5.58. The van der Waals surface area contributed by atoms with Gasteiger partial charge in [0, 0.05) is 12.1 Å². The highest BCUT2D eigenvalue weighted by Crippen LogP contribution is 2.30. The summed E-state index contributed by atoms with van der Waals surface area (Å²) in [5.74, 6) is 1.57. The molecule has 0 aliphatic rings. The fraction of sp³-hybridized carbons (Fsp3) is 0.250. The van der Waals surface area contributed by atoms with Crippen molar-refractivity contribution in [2.75, 3.05) is 11.9 Å². The van der Waals surface area contributed by atoms with E-state index < -0.39 is 0 Å². The molecule has 0 radical (unpaired) electrons. The molecule has 0 bridgehead atoms. The normalized spacial score (nSPS) is 10.8. The zero-order valence-electron chi connectivity index (χ0n) is 12.1. The molecule has 4 nitrogen and oxygen atoms in total. The summed E-state index contributed by atoms with van der Waals surface area (Å²) >= 11 is 6.11. The minimum atomic E-state index is 0.349. The van der Waals surface area contributed by atoms with Gasteiger partial charge in [0.2, 0.25) is 11.8 Å². The predicted molar refractivity (Wildman–Crippen MR) is 87.0 cm³/mol. The Morgan fingerprint density at radius 1 is 1.33 bits per heavy atom. The van der Waals surface area contributed by atoms with E-state index in [0.717, 1.165) is 18.5 Å². The Balaban J connectivity index is 2.26. The van der Waals surface area contributed by atoms with Gasteiger partial charge in [0.05, 0.1) is 6.20 Å². The minimum Gasteiger partial charge on any atom is -0.437 e. The summed E-state index contributed by atoms with van der Waals surface area (Å²) in [5.41, 5.74) is 0.970. The Labute approximate surface area is 129 Å². The second-order valence-electron chi connectivity index (χ2n) is 4.41. The summed E-state index contributed by atoms with van der Waals surface area (Å²) in [6.07, 6.45) is 6.46. The van der Waals surface area contributed by atoms with Crippen molar-refractivity contribution in [1.29, 1.82) is 0 Å². The summed E-state index contributed by atoms with van der Waals surface area (Å²) in [6, 6.07) is 7.72. The van der Waals surface area contributed by atoms with Gasteiger partial charge in [-0.2, -0.15) is 4.98 Å². The third-order valence-corrected chi connectivity index (χ3v) is 2.98. The van der Waals surface area contributed by atoms with Gasteiger partial charge in [0.15, 0.2) is 0 Å². The van der Waals surface area contributed by atoms with Crippen LogP contribution in [0.4, 0.5) is 5.95 Å². The van der Waals surface area contributed by atoms with Crippen LogP contribution >= 0.6 is 11.6 Å². The smallest absolute Gasteiger partial charge is 0.243 e. The molecule has 2 aromatic rings. The molecule has 5 heteroatoms. The van der Waals surface area contributed by atoms with Crippen molar-refractivity contribution in [3.63, 3.8) is 0 Å². The van der Waals surface area contributed by atoms with Crippen LogP contribution in [0, 0.1) is 0 Å². The van der Waals surface area contributed by atoms with Gasteiger partial charge in [0.25, 0.3) is 0 Å². The Bertz CT molecular complexity index is 629. The standard InChI is InChI=1S/C16H18ClN3O/c1-3-7-12-8-5-6-9-14(12)21-15-13(17)11-19-16(20-15)18-10-4-2/h3,5-9,11H,4,10H2,1-2H3,(H,18,19,20)/b7-3+. The fourth-order valence-corrected chi connectivity index (χ4v) is 1.87. The van der Waals surface area contributed by atoms with Crippen molar-refractivity contribution >= 4 is 23.6 Å². The van der Waals surface area contributed by atoms with E-state index in [0.29, 0.717) is 22.6 Å². The molecule has 21 heavy (non-hydrogen) atoms. The van der Waals surface area contributed by atoms with E-state index in [-0.39, 0.29) is 0 Å². The number of para-hydroxylation sites is 1. The SMILES string of the molecule is C/C=C/c1ccccc1Oc1nc(NCCC)ncc1Cl. The quantitative estimate of drug-likeness (QED) is 0.834. The third kappa shape index (κ3) is 4.20. The summed E-state index contributed by atoms with van der Waals surface area (Å²) in [6.45, 7) is 4.84. The van der Waals surface area contributed by atoms with E-state index in [2.05, 4.69) is 22.2 Å². The molecular weight excluding hydrogens is 286 g/mol. The molecular formula is C16H18ClN3O. The number of hydrogen-bond donors (Lipinski definition) is 1. The van der Waals surface area contributed by atoms with Crippen LogP contribution in [0.3, 0.4) is 0 Å². The maximum Gasteiger partial charge on any atom is 0.243 e. The molecule has 0 fully saturated rings. The largest absolute Gasteiger partial charge is 0.437 e. The van der Waals surface area contributed by atoms with Gasteiger partial charge in [-0.1, -0.05) is 48.9 Å². The Morgan fingerprint density at radius 3 is 2.90 bits per heavy atom. The number of nitrogens with zero attached hydrogens (tertiary/aromatic N) is 2. The van der Waals surface area contributed by atoms with Crippen LogP contribution in [0.5, 0.6) is 11.6 Å². The number of halogens is 1. The van der Waals surface area contributed by atoms with Gasteiger partial charge in [-0.3, -0.25) is 0 Å². The van der Waals surface area contributed by atoms with Crippen molar-refractivity contribution in [3.8, 4) is 11.6 Å². The molecule has 1 N–H and O–H groups in total.